The maximum atomic E-state index is 12.3. The van der Waals surface area contributed by atoms with E-state index in [1.54, 1.807) is 6.07 Å². The number of nitrogens with two attached hydrogens (primary N) is 2. The summed E-state index contributed by atoms with van der Waals surface area (Å²) in [6, 6.07) is 7.99. The second-order valence-corrected chi connectivity index (χ2v) is 7.98. The van der Waals surface area contributed by atoms with E-state index in [1.165, 1.54) is 36.4 Å². The molecule has 0 radical (unpaired) electrons. The minimum atomic E-state index is -4.12. The van der Waals surface area contributed by atoms with E-state index in [4.69, 9.17) is 15.9 Å². The third-order valence-corrected chi connectivity index (χ3v) is 5.35. The number of nitrogens with zero attached hydrogens (tertiary/aromatic N) is 1. The van der Waals surface area contributed by atoms with Crippen LogP contribution in [0, 0.1) is 0 Å². The van der Waals surface area contributed by atoms with Crippen molar-refractivity contribution in [3.63, 3.8) is 0 Å². The molecule has 1 unspecified atom stereocenters. The number of carboxylic acids is 1. The summed E-state index contributed by atoms with van der Waals surface area (Å²) in [7, 11) is -4.12. The Morgan fingerprint density at radius 1 is 1.00 bits per heavy atom. The highest BCUT2D eigenvalue weighted by molar-refractivity contribution is 7.89. The Morgan fingerprint density at radius 3 is 2.16 bits per heavy atom. The highest BCUT2D eigenvalue weighted by Gasteiger charge is 2.26. The standard InChI is InChI=1S/C18H22N6O7S/c19-18(20)22-9-8-21-15(25)13-6-7-14(31-13)16(26)23-10-12(17(27)28)24-32(29,30)11-4-2-1-3-5-11/h1-7,12,24H,8-10H2,(H,21,25)(H,23,26)(H,27,28)(H4,19,20,22). The Labute approximate surface area is 182 Å². The van der Waals surface area contributed by atoms with Crippen LogP contribution in [-0.4, -0.2) is 62.9 Å². The van der Waals surface area contributed by atoms with Crippen molar-refractivity contribution in [3.05, 3.63) is 54.0 Å². The van der Waals surface area contributed by atoms with Crippen LogP contribution in [0.3, 0.4) is 0 Å². The summed E-state index contributed by atoms with van der Waals surface area (Å²) >= 11 is 0. The summed E-state index contributed by atoms with van der Waals surface area (Å²) in [6.07, 6.45) is 0. The first-order chi connectivity index (χ1) is 15.1. The molecule has 2 aromatic rings. The molecule has 32 heavy (non-hydrogen) atoms. The SMILES string of the molecule is NC(N)=NCCNC(=O)c1ccc(C(=O)NCC(NS(=O)(=O)c2ccccc2)C(=O)O)o1. The first-order valence-electron chi connectivity index (χ1n) is 9.12. The largest absolute Gasteiger partial charge is 0.480 e. The molecule has 172 valence electrons. The average molecular weight is 466 g/mol. The Kier molecular flexibility index (Phi) is 8.31. The number of aliphatic carboxylic acids is 1. The van der Waals surface area contributed by atoms with Crippen molar-refractivity contribution >= 4 is 33.8 Å². The van der Waals surface area contributed by atoms with Crippen molar-refractivity contribution in [2.75, 3.05) is 19.6 Å². The van der Waals surface area contributed by atoms with Gasteiger partial charge in [-0.3, -0.25) is 19.4 Å². The van der Waals surface area contributed by atoms with E-state index in [9.17, 15) is 27.9 Å². The van der Waals surface area contributed by atoms with Crippen molar-refractivity contribution < 1.29 is 32.3 Å². The Bertz CT molecular complexity index is 1090. The van der Waals surface area contributed by atoms with Gasteiger partial charge in [-0.05, 0) is 24.3 Å². The molecule has 0 aliphatic carbocycles. The van der Waals surface area contributed by atoms with Gasteiger partial charge in [0, 0.05) is 13.1 Å². The van der Waals surface area contributed by atoms with Gasteiger partial charge >= 0.3 is 5.97 Å². The van der Waals surface area contributed by atoms with Gasteiger partial charge in [0.05, 0.1) is 11.4 Å². The lowest BCUT2D eigenvalue weighted by Gasteiger charge is -2.15. The monoisotopic (exact) mass is 466 g/mol. The first-order valence-corrected chi connectivity index (χ1v) is 10.6. The molecule has 0 aliphatic heterocycles. The number of hydrogen-bond acceptors (Lipinski definition) is 7. The Hall–Kier alpha value is -3.91. The van der Waals surface area contributed by atoms with Gasteiger partial charge in [0.15, 0.2) is 17.5 Å². The van der Waals surface area contributed by atoms with E-state index >= 15 is 0 Å². The van der Waals surface area contributed by atoms with Gasteiger partial charge in [0.1, 0.15) is 6.04 Å². The number of aliphatic imine (C=N–C) groups is 1. The number of amides is 2. The highest BCUT2D eigenvalue weighted by Crippen LogP contribution is 2.09. The number of nitrogens with one attached hydrogen (secondary N) is 3. The van der Waals surface area contributed by atoms with Gasteiger partial charge in [0.2, 0.25) is 10.0 Å². The Balaban J connectivity index is 1.94. The molecule has 0 spiro atoms. The minimum Gasteiger partial charge on any atom is -0.480 e. The van der Waals surface area contributed by atoms with Crippen LogP contribution < -0.4 is 26.8 Å². The summed E-state index contributed by atoms with van der Waals surface area (Å²) in [5.41, 5.74) is 10.3. The summed E-state index contributed by atoms with van der Waals surface area (Å²) in [6.45, 7) is -0.292. The molecule has 1 aromatic carbocycles. The zero-order valence-corrected chi connectivity index (χ0v) is 17.5. The molecule has 2 amide bonds. The van der Waals surface area contributed by atoms with Crippen LogP contribution in [0.2, 0.25) is 0 Å². The fraction of sp³-hybridized carbons (Fsp3) is 0.222. The third kappa shape index (κ3) is 7.10. The van der Waals surface area contributed by atoms with E-state index in [0.29, 0.717) is 0 Å². The maximum Gasteiger partial charge on any atom is 0.323 e. The molecule has 0 saturated carbocycles. The van der Waals surface area contributed by atoms with E-state index in [1.807, 2.05) is 4.72 Å². The zero-order chi connectivity index (χ0) is 23.7. The first kappa shape index (κ1) is 24.4. The molecule has 2 rings (SSSR count). The van der Waals surface area contributed by atoms with Gasteiger partial charge in [0.25, 0.3) is 11.8 Å². The van der Waals surface area contributed by atoms with Crippen LogP contribution in [0.25, 0.3) is 0 Å². The smallest absolute Gasteiger partial charge is 0.323 e. The molecule has 0 aliphatic rings. The summed E-state index contributed by atoms with van der Waals surface area (Å²) < 4.78 is 31.8. The number of rotatable bonds is 11. The van der Waals surface area contributed by atoms with Gasteiger partial charge in [-0.2, -0.15) is 4.72 Å². The Morgan fingerprint density at radius 2 is 1.59 bits per heavy atom. The molecule has 0 fully saturated rings. The number of benzene rings is 1. The fourth-order valence-electron chi connectivity index (χ4n) is 2.34. The number of guanidine groups is 1. The van der Waals surface area contributed by atoms with E-state index in [-0.39, 0.29) is 35.5 Å². The van der Waals surface area contributed by atoms with E-state index in [2.05, 4.69) is 15.6 Å². The molecular formula is C18H22N6O7S. The lowest BCUT2D eigenvalue weighted by molar-refractivity contribution is -0.138. The second kappa shape index (κ2) is 10.9. The van der Waals surface area contributed by atoms with Gasteiger partial charge in [-0.25, -0.2) is 8.42 Å². The molecule has 8 N–H and O–H groups in total. The summed E-state index contributed by atoms with van der Waals surface area (Å²) in [5, 5.41) is 14.0. The molecule has 1 heterocycles. The number of carbonyl (C=O) groups excluding carboxylic acids is 2. The molecule has 0 saturated heterocycles. The molecule has 13 nitrogen and oxygen atoms in total. The van der Waals surface area contributed by atoms with Crippen molar-refractivity contribution in [2.24, 2.45) is 16.5 Å². The van der Waals surface area contributed by atoms with E-state index < -0.39 is 40.4 Å². The second-order valence-electron chi connectivity index (χ2n) is 6.26. The third-order valence-electron chi connectivity index (χ3n) is 3.86. The molecule has 1 aromatic heterocycles. The van der Waals surface area contributed by atoms with Crippen LogP contribution in [0.1, 0.15) is 21.1 Å². The number of furan rings is 1. The van der Waals surface area contributed by atoms with Crippen molar-refractivity contribution in [2.45, 2.75) is 10.9 Å². The molecular weight excluding hydrogens is 444 g/mol. The normalized spacial score (nSPS) is 11.9. The lowest BCUT2D eigenvalue weighted by Crippen LogP contribution is -2.48. The van der Waals surface area contributed by atoms with Crippen LogP contribution >= 0.6 is 0 Å². The fourth-order valence-corrected chi connectivity index (χ4v) is 3.55. The topological polar surface area (TPSA) is 219 Å². The predicted octanol–water partition coefficient (Wildman–Crippen LogP) is -1.56. The molecule has 0 bridgehead atoms. The minimum absolute atomic E-state index is 0.123. The lowest BCUT2D eigenvalue weighted by atomic mass is 10.3. The predicted molar refractivity (Wildman–Crippen MR) is 112 cm³/mol. The van der Waals surface area contributed by atoms with Crippen LogP contribution in [-0.2, 0) is 14.8 Å². The van der Waals surface area contributed by atoms with Gasteiger partial charge < -0.3 is 31.6 Å². The highest BCUT2D eigenvalue weighted by atomic mass is 32.2. The number of hydrogen-bond donors (Lipinski definition) is 6. The van der Waals surface area contributed by atoms with E-state index in [0.717, 1.165) is 0 Å². The quantitative estimate of drug-likeness (QED) is 0.128. The van der Waals surface area contributed by atoms with Crippen molar-refractivity contribution in [3.8, 4) is 0 Å². The van der Waals surface area contributed by atoms with Crippen molar-refractivity contribution in [1.29, 1.82) is 0 Å². The van der Waals surface area contributed by atoms with Gasteiger partial charge in [-0.15, -0.1) is 0 Å². The van der Waals surface area contributed by atoms with Crippen LogP contribution in [0.15, 0.2) is 56.8 Å². The van der Waals surface area contributed by atoms with Gasteiger partial charge in [-0.1, -0.05) is 18.2 Å². The summed E-state index contributed by atoms with van der Waals surface area (Å²) in [4.78, 5) is 39.2. The van der Waals surface area contributed by atoms with Crippen LogP contribution in [0.5, 0.6) is 0 Å². The maximum absolute atomic E-state index is 12.3. The summed E-state index contributed by atoms with van der Waals surface area (Å²) in [5.74, 6) is -3.51. The average Bonchev–Trinajstić information content (AvgIpc) is 3.24. The number of carboxylic acid groups (broad SMARTS) is 1. The number of sulfonamides is 1. The zero-order valence-electron chi connectivity index (χ0n) is 16.6. The van der Waals surface area contributed by atoms with Crippen LogP contribution in [0.4, 0.5) is 0 Å². The molecule has 14 heteroatoms. The molecule has 1 atom stereocenters. The number of carbonyl (C=O) groups is 3. The van der Waals surface area contributed by atoms with Crippen molar-refractivity contribution in [1.82, 2.24) is 15.4 Å².